The van der Waals surface area contributed by atoms with Crippen LogP contribution in [0.1, 0.15) is 24.0 Å². The Kier molecular flexibility index (Phi) is 4.65. The summed E-state index contributed by atoms with van der Waals surface area (Å²) in [4.78, 5) is 23.0. The van der Waals surface area contributed by atoms with Crippen molar-refractivity contribution in [2.45, 2.75) is 25.4 Å². The average molecular weight is 362 g/mol. The molecule has 3 heterocycles. The summed E-state index contributed by atoms with van der Waals surface area (Å²) in [5.41, 5.74) is 8.43. The number of fused-ring (bicyclic) bond motifs is 1. The van der Waals surface area contributed by atoms with E-state index in [0.29, 0.717) is 18.8 Å². The lowest BCUT2D eigenvalue weighted by molar-refractivity contribution is 0.135. The number of allylic oxidation sites excluding steroid dienone is 2. The highest BCUT2D eigenvalue weighted by atomic mass is 16.2. The molecule has 138 valence electrons. The summed E-state index contributed by atoms with van der Waals surface area (Å²) < 4.78 is 0. The molecule has 3 aliphatic rings. The Morgan fingerprint density at radius 1 is 1.33 bits per heavy atom. The van der Waals surface area contributed by atoms with Crippen LogP contribution in [0.4, 0.5) is 4.79 Å². The maximum Gasteiger partial charge on any atom is 0.331 e. The molecule has 7 heteroatoms. The highest BCUT2D eigenvalue weighted by Crippen LogP contribution is 2.29. The van der Waals surface area contributed by atoms with Crippen LogP contribution in [0.25, 0.3) is 0 Å². The highest BCUT2D eigenvalue weighted by molar-refractivity contribution is 5.85. The van der Waals surface area contributed by atoms with Crippen molar-refractivity contribution in [1.82, 2.24) is 14.7 Å². The third-order valence-electron chi connectivity index (χ3n) is 5.15. The minimum atomic E-state index is -0.123. The van der Waals surface area contributed by atoms with Crippen molar-refractivity contribution >= 4 is 12.2 Å². The largest absolute Gasteiger partial charge is 0.356 e. The molecule has 1 aromatic carbocycles. The Labute approximate surface area is 158 Å². The van der Waals surface area contributed by atoms with Gasteiger partial charge in [0.15, 0.2) is 0 Å². The Morgan fingerprint density at radius 2 is 2.19 bits per heavy atom. The average Bonchev–Trinajstić information content (AvgIpc) is 2.70. The highest BCUT2D eigenvalue weighted by Gasteiger charge is 2.35. The second-order valence-corrected chi connectivity index (χ2v) is 6.98. The van der Waals surface area contributed by atoms with Crippen LogP contribution in [0.2, 0.25) is 0 Å². The van der Waals surface area contributed by atoms with Crippen molar-refractivity contribution in [2.75, 3.05) is 19.8 Å². The first-order chi connectivity index (χ1) is 13.2. The molecule has 2 N–H and O–H groups in total. The summed E-state index contributed by atoms with van der Waals surface area (Å²) in [6.45, 7) is 2.24. The lowest BCUT2D eigenvalue weighted by Crippen LogP contribution is -2.52. The first-order valence-electron chi connectivity index (χ1n) is 9.17. The number of nitrogens with zero attached hydrogens (tertiary/aromatic N) is 5. The van der Waals surface area contributed by atoms with Gasteiger partial charge < -0.3 is 10.6 Å². The van der Waals surface area contributed by atoms with Gasteiger partial charge in [0.25, 0.3) is 0 Å². The zero-order valence-electron chi connectivity index (χ0n) is 15.1. The predicted octanol–water partition coefficient (Wildman–Crippen LogP) is 1.99. The number of carbonyl (C=O) groups is 1. The summed E-state index contributed by atoms with van der Waals surface area (Å²) >= 11 is 0. The van der Waals surface area contributed by atoms with Gasteiger partial charge in [0.05, 0.1) is 23.9 Å². The van der Waals surface area contributed by atoms with Crippen molar-refractivity contribution in [3.05, 3.63) is 59.1 Å². The molecule has 1 unspecified atom stereocenters. The number of piperidine rings is 1. The van der Waals surface area contributed by atoms with E-state index in [0.717, 1.165) is 43.0 Å². The zero-order chi connectivity index (χ0) is 18.8. The van der Waals surface area contributed by atoms with Crippen molar-refractivity contribution < 1.29 is 4.79 Å². The fourth-order valence-corrected chi connectivity index (χ4v) is 3.75. The van der Waals surface area contributed by atoms with Gasteiger partial charge in [0.1, 0.15) is 12.5 Å². The smallest absolute Gasteiger partial charge is 0.331 e. The molecule has 0 spiro atoms. The van der Waals surface area contributed by atoms with Crippen molar-refractivity contribution in [2.24, 2.45) is 10.7 Å². The number of urea groups is 1. The molecule has 2 amide bonds. The molecule has 1 fully saturated rings. The molecule has 27 heavy (non-hydrogen) atoms. The van der Waals surface area contributed by atoms with E-state index in [4.69, 9.17) is 5.73 Å². The van der Waals surface area contributed by atoms with Crippen LogP contribution >= 0.6 is 0 Å². The molecular formula is C20H22N6O. The number of benzene rings is 1. The quantitative estimate of drug-likeness (QED) is 0.890. The predicted molar refractivity (Wildman–Crippen MR) is 102 cm³/mol. The standard InChI is InChI=1S/C20H22N6O/c21-11-15-4-1-2-5-16(15)12-25-19(24-9-3-6-17(22)13-24)10-18-7-8-23-14-26(18)20(25)27/h1-2,4-5,7-8,10,17H,3,6,9,12-14,22H2. The van der Waals surface area contributed by atoms with Crippen LogP contribution in [0, 0.1) is 11.3 Å². The Balaban J connectivity index is 1.72. The lowest BCUT2D eigenvalue weighted by Gasteiger charge is -2.43. The molecule has 0 saturated carbocycles. The molecule has 3 aliphatic heterocycles. The van der Waals surface area contributed by atoms with E-state index in [1.54, 1.807) is 22.1 Å². The van der Waals surface area contributed by atoms with E-state index in [1.807, 2.05) is 30.4 Å². The molecule has 4 rings (SSSR count). The van der Waals surface area contributed by atoms with Gasteiger partial charge in [-0.25, -0.2) is 4.79 Å². The number of rotatable bonds is 3. The van der Waals surface area contributed by atoms with Crippen LogP contribution in [0.5, 0.6) is 0 Å². The molecule has 7 nitrogen and oxygen atoms in total. The lowest BCUT2D eigenvalue weighted by atomic mass is 10.1. The van der Waals surface area contributed by atoms with Crippen molar-refractivity contribution in [3.63, 3.8) is 0 Å². The van der Waals surface area contributed by atoms with E-state index in [2.05, 4.69) is 16.0 Å². The minimum Gasteiger partial charge on any atom is -0.356 e. The Morgan fingerprint density at radius 3 is 3.00 bits per heavy atom. The van der Waals surface area contributed by atoms with Gasteiger partial charge in [-0.05, 0) is 30.5 Å². The van der Waals surface area contributed by atoms with Gasteiger partial charge in [-0.15, -0.1) is 0 Å². The van der Waals surface area contributed by atoms with E-state index in [-0.39, 0.29) is 12.1 Å². The topological polar surface area (TPSA) is 89.0 Å². The number of hydrogen-bond donors (Lipinski definition) is 1. The normalized spacial score (nSPS) is 22.1. The van der Waals surface area contributed by atoms with Gasteiger partial charge in [0, 0.05) is 31.4 Å². The number of amides is 2. The molecule has 1 aromatic rings. The Bertz CT molecular complexity index is 881. The maximum absolute atomic E-state index is 13.3. The van der Waals surface area contributed by atoms with Gasteiger partial charge in [-0.2, -0.15) is 5.26 Å². The van der Waals surface area contributed by atoms with Gasteiger partial charge >= 0.3 is 6.03 Å². The molecule has 1 atom stereocenters. The molecule has 0 aromatic heterocycles. The Hall–Kier alpha value is -3.11. The number of nitriles is 1. The second-order valence-electron chi connectivity index (χ2n) is 6.98. The maximum atomic E-state index is 13.3. The number of likely N-dealkylation sites (tertiary alicyclic amines) is 1. The van der Waals surface area contributed by atoms with Crippen LogP contribution in [-0.4, -0.2) is 52.7 Å². The summed E-state index contributed by atoms with van der Waals surface area (Å²) in [6, 6.07) is 9.59. The number of aliphatic imine (C=N–C) groups is 1. The molecular weight excluding hydrogens is 340 g/mol. The first-order valence-corrected chi connectivity index (χ1v) is 9.17. The first kappa shape index (κ1) is 17.3. The monoisotopic (exact) mass is 362 g/mol. The second kappa shape index (κ2) is 7.25. The summed E-state index contributed by atoms with van der Waals surface area (Å²) in [5, 5.41) is 9.42. The third kappa shape index (κ3) is 3.32. The van der Waals surface area contributed by atoms with Crippen LogP contribution in [0.3, 0.4) is 0 Å². The van der Waals surface area contributed by atoms with E-state index in [9.17, 15) is 10.1 Å². The van der Waals surface area contributed by atoms with Crippen LogP contribution < -0.4 is 5.73 Å². The number of hydrogen-bond acceptors (Lipinski definition) is 5. The molecule has 0 aliphatic carbocycles. The summed E-state index contributed by atoms with van der Waals surface area (Å²) in [6.07, 6.45) is 7.61. The minimum absolute atomic E-state index is 0.0999. The molecule has 0 bridgehead atoms. The fourth-order valence-electron chi connectivity index (χ4n) is 3.75. The van der Waals surface area contributed by atoms with Crippen LogP contribution in [0.15, 0.2) is 52.9 Å². The third-order valence-corrected chi connectivity index (χ3v) is 5.15. The van der Waals surface area contributed by atoms with Gasteiger partial charge in [-0.3, -0.25) is 14.8 Å². The van der Waals surface area contributed by atoms with Crippen LogP contribution in [-0.2, 0) is 6.54 Å². The van der Waals surface area contributed by atoms with E-state index in [1.165, 1.54) is 0 Å². The number of nitrogens with two attached hydrogens (primary N) is 1. The van der Waals surface area contributed by atoms with E-state index < -0.39 is 0 Å². The zero-order valence-corrected chi connectivity index (χ0v) is 15.1. The SMILES string of the molecule is N#Cc1ccccc1CN1C(=O)N2CN=CC=C2C=C1N1CCCC(N)C1. The van der Waals surface area contributed by atoms with Gasteiger partial charge in [-0.1, -0.05) is 18.2 Å². The number of carbonyl (C=O) groups excluding carboxylic acids is 1. The summed E-state index contributed by atoms with van der Waals surface area (Å²) in [7, 11) is 0. The van der Waals surface area contributed by atoms with E-state index >= 15 is 0 Å². The molecule has 1 saturated heterocycles. The van der Waals surface area contributed by atoms with Crippen molar-refractivity contribution in [3.8, 4) is 6.07 Å². The van der Waals surface area contributed by atoms with Crippen molar-refractivity contribution in [1.29, 1.82) is 5.26 Å². The molecule has 0 radical (unpaired) electrons. The fraction of sp³-hybridized carbons (Fsp3) is 0.350. The van der Waals surface area contributed by atoms with Gasteiger partial charge in [0.2, 0.25) is 0 Å². The summed E-state index contributed by atoms with van der Waals surface area (Å²) in [5.74, 6) is 0.848.